The average Bonchev–Trinajstić information content (AvgIpc) is 2.74. The molecule has 1 heterocycles. The molecule has 3 aromatic rings. The molecule has 0 saturated heterocycles. The summed E-state index contributed by atoms with van der Waals surface area (Å²) >= 11 is 0. The molecule has 0 unspecified atom stereocenters. The van der Waals surface area contributed by atoms with Crippen LogP contribution in [0.2, 0.25) is 0 Å². The zero-order valence-electron chi connectivity index (χ0n) is 13.4. The van der Waals surface area contributed by atoms with Crippen LogP contribution in [0.5, 0.6) is 0 Å². The summed E-state index contributed by atoms with van der Waals surface area (Å²) in [6.45, 7) is 6.09. The lowest BCUT2D eigenvalue weighted by atomic mass is 10.1. The molecular weight excluding hydrogens is 275 g/mol. The van der Waals surface area contributed by atoms with Gasteiger partial charge in [0.05, 0.1) is 12.6 Å². The highest BCUT2D eigenvalue weighted by Crippen LogP contribution is 2.28. The number of para-hydroxylation sites is 1. The van der Waals surface area contributed by atoms with E-state index in [0.717, 1.165) is 33.8 Å². The van der Waals surface area contributed by atoms with Crippen molar-refractivity contribution >= 4 is 0 Å². The van der Waals surface area contributed by atoms with Crippen LogP contribution in [0.4, 0.5) is 4.39 Å². The van der Waals surface area contributed by atoms with Crippen molar-refractivity contribution in [2.75, 3.05) is 0 Å². The van der Waals surface area contributed by atoms with E-state index in [9.17, 15) is 4.39 Å². The largest absolute Gasteiger partial charge is 0.322 e. The topological polar surface area (TPSA) is 8.81 Å². The minimum Gasteiger partial charge on any atom is -0.229 e. The third-order valence-corrected chi connectivity index (χ3v) is 4.11. The summed E-state index contributed by atoms with van der Waals surface area (Å²) in [7, 11) is 1.88. The second kappa shape index (κ2) is 5.41. The van der Waals surface area contributed by atoms with Gasteiger partial charge in [-0.1, -0.05) is 36.4 Å². The highest BCUT2D eigenvalue weighted by atomic mass is 19.1. The Morgan fingerprint density at radius 2 is 1.45 bits per heavy atom. The van der Waals surface area contributed by atoms with E-state index in [1.165, 1.54) is 6.20 Å². The number of benzene rings is 2. The maximum absolute atomic E-state index is 14.7. The number of imidazole rings is 1. The molecule has 112 valence electrons. The summed E-state index contributed by atoms with van der Waals surface area (Å²) < 4.78 is 18.2. The monoisotopic (exact) mass is 295 g/mol. The molecular formula is C19H20FN2+. The van der Waals surface area contributed by atoms with E-state index in [1.807, 2.05) is 61.9 Å². The number of rotatable bonds is 2. The summed E-state index contributed by atoms with van der Waals surface area (Å²) in [5.41, 5.74) is 5.20. The van der Waals surface area contributed by atoms with Gasteiger partial charge < -0.3 is 0 Å². The van der Waals surface area contributed by atoms with Crippen molar-refractivity contribution in [3.8, 4) is 17.1 Å². The van der Waals surface area contributed by atoms with Crippen LogP contribution in [0, 0.1) is 26.7 Å². The number of halogens is 1. The van der Waals surface area contributed by atoms with E-state index < -0.39 is 0 Å². The molecule has 0 aliphatic carbocycles. The number of hydrogen-bond acceptors (Lipinski definition) is 0. The van der Waals surface area contributed by atoms with Gasteiger partial charge in [-0.05, 0) is 43.5 Å². The zero-order valence-corrected chi connectivity index (χ0v) is 13.4. The molecule has 0 spiro atoms. The van der Waals surface area contributed by atoms with Gasteiger partial charge in [-0.3, -0.25) is 0 Å². The third-order valence-electron chi connectivity index (χ3n) is 4.11. The number of nitrogens with zero attached hydrogens (tertiary/aromatic N) is 2. The summed E-state index contributed by atoms with van der Waals surface area (Å²) in [4.78, 5) is 0. The summed E-state index contributed by atoms with van der Waals surface area (Å²) in [5, 5.41) is 0. The number of aromatic nitrogens is 2. The molecule has 2 aromatic carbocycles. The lowest BCUT2D eigenvalue weighted by Gasteiger charge is -2.10. The molecule has 0 aliphatic heterocycles. The van der Waals surface area contributed by atoms with Crippen LogP contribution in [-0.2, 0) is 7.05 Å². The molecule has 0 bridgehead atoms. The van der Waals surface area contributed by atoms with Crippen molar-refractivity contribution in [3.05, 3.63) is 71.3 Å². The van der Waals surface area contributed by atoms with Crippen molar-refractivity contribution in [1.29, 1.82) is 0 Å². The molecule has 1 aromatic heterocycles. The van der Waals surface area contributed by atoms with Crippen LogP contribution in [0.25, 0.3) is 17.1 Å². The highest BCUT2D eigenvalue weighted by Gasteiger charge is 2.27. The van der Waals surface area contributed by atoms with Gasteiger partial charge >= 0.3 is 5.95 Å². The molecule has 0 amide bonds. The lowest BCUT2D eigenvalue weighted by Crippen LogP contribution is -2.29. The van der Waals surface area contributed by atoms with Crippen molar-refractivity contribution in [1.82, 2.24) is 4.57 Å². The Balaban J connectivity index is 2.38. The normalized spacial score (nSPS) is 11.0. The second-order valence-electron chi connectivity index (χ2n) is 5.78. The maximum atomic E-state index is 14.7. The molecule has 22 heavy (non-hydrogen) atoms. The van der Waals surface area contributed by atoms with Crippen molar-refractivity contribution in [2.45, 2.75) is 20.8 Å². The number of hydrogen-bond donors (Lipinski definition) is 0. The predicted octanol–water partition coefficient (Wildman–Crippen LogP) is 4.03. The fourth-order valence-corrected chi connectivity index (χ4v) is 3.04. The van der Waals surface area contributed by atoms with Crippen molar-refractivity contribution in [3.63, 3.8) is 0 Å². The maximum Gasteiger partial charge on any atom is 0.322 e. The molecule has 0 fully saturated rings. The average molecular weight is 295 g/mol. The van der Waals surface area contributed by atoms with Gasteiger partial charge in [0, 0.05) is 0 Å². The van der Waals surface area contributed by atoms with Crippen LogP contribution in [0.15, 0.2) is 48.7 Å². The van der Waals surface area contributed by atoms with E-state index in [-0.39, 0.29) is 5.95 Å². The van der Waals surface area contributed by atoms with Crippen molar-refractivity contribution in [2.24, 2.45) is 7.05 Å². The van der Waals surface area contributed by atoms with Gasteiger partial charge in [-0.25, -0.2) is 4.57 Å². The van der Waals surface area contributed by atoms with Gasteiger partial charge in [0.25, 0.3) is 5.82 Å². The fourth-order valence-electron chi connectivity index (χ4n) is 3.04. The van der Waals surface area contributed by atoms with E-state index in [2.05, 4.69) is 13.0 Å². The molecule has 0 N–H and O–H groups in total. The van der Waals surface area contributed by atoms with E-state index in [1.54, 1.807) is 4.57 Å². The minimum absolute atomic E-state index is 0.252. The van der Waals surface area contributed by atoms with E-state index in [4.69, 9.17) is 0 Å². The Hall–Kier alpha value is -2.42. The first kappa shape index (κ1) is 14.5. The molecule has 0 saturated carbocycles. The van der Waals surface area contributed by atoms with Crippen LogP contribution < -0.4 is 4.57 Å². The molecule has 3 heteroatoms. The molecule has 3 rings (SSSR count). The zero-order chi connectivity index (χ0) is 15.9. The Labute approximate surface area is 130 Å². The minimum atomic E-state index is -0.252. The second-order valence-corrected chi connectivity index (χ2v) is 5.78. The Bertz CT molecular complexity index is 826. The molecule has 0 radical (unpaired) electrons. The Morgan fingerprint density at radius 1 is 0.864 bits per heavy atom. The van der Waals surface area contributed by atoms with Gasteiger partial charge in [-0.15, -0.1) is 0 Å². The smallest absolute Gasteiger partial charge is 0.229 e. The highest BCUT2D eigenvalue weighted by molar-refractivity contribution is 5.62. The number of aryl methyl sites for hydroxylation is 4. The quantitative estimate of drug-likeness (QED) is 0.631. The van der Waals surface area contributed by atoms with E-state index in [0.29, 0.717) is 0 Å². The third kappa shape index (κ3) is 2.23. The van der Waals surface area contributed by atoms with E-state index >= 15 is 0 Å². The first-order valence-electron chi connectivity index (χ1n) is 7.40. The Morgan fingerprint density at radius 3 is 2.09 bits per heavy atom. The van der Waals surface area contributed by atoms with Crippen LogP contribution in [-0.4, -0.2) is 4.57 Å². The van der Waals surface area contributed by atoms with Crippen LogP contribution in [0.1, 0.15) is 16.7 Å². The lowest BCUT2D eigenvalue weighted by molar-refractivity contribution is -0.660. The van der Waals surface area contributed by atoms with Gasteiger partial charge in [0.15, 0.2) is 6.20 Å². The molecule has 0 aliphatic rings. The van der Waals surface area contributed by atoms with Gasteiger partial charge in [-0.2, -0.15) is 8.96 Å². The SMILES string of the molecule is Cc1ccccc1-c1n(-c2c(C)cccc2C)c(F)c[n+]1C. The Kier molecular flexibility index (Phi) is 3.57. The van der Waals surface area contributed by atoms with Crippen molar-refractivity contribution < 1.29 is 8.96 Å². The van der Waals surface area contributed by atoms with Crippen LogP contribution >= 0.6 is 0 Å². The van der Waals surface area contributed by atoms with Gasteiger partial charge in [0.1, 0.15) is 5.69 Å². The van der Waals surface area contributed by atoms with Crippen LogP contribution in [0.3, 0.4) is 0 Å². The molecule has 2 nitrogen and oxygen atoms in total. The first-order chi connectivity index (χ1) is 10.5. The summed E-state index contributed by atoms with van der Waals surface area (Å²) in [6.07, 6.45) is 1.54. The summed E-state index contributed by atoms with van der Waals surface area (Å²) in [6, 6.07) is 14.1. The summed E-state index contributed by atoms with van der Waals surface area (Å²) in [5.74, 6) is 0.603. The standard InChI is InChI=1S/C19H20FN2/c1-13-8-5-6-11-16(13)19-21(4)12-17(20)22(19)18-14(2)9-7-10-15(18)3/h5-12H,1-4H3/q+1. The predicted molar refractivity (Wildman–Crippen MR) is 86.6 cm³/mol. The first-order valence-corrected chi connectivity index (χ1v) is 7.40. The molecule has 0 atom stereocenters. The van der Waals surface area contributed by atoms with Gasteiger partial charge in [0.2, 0.25) is 0 Å². The fraction of sp³-hybridized carbons (Fsp3) is 0.211.